The second kappa shape index (κ2) is 7.92. The summed E-state index contributed by atoms with van der Waals surface area (Å²) in [5, 5.41) is 2.45. The van der Waals surface area contributed by atoms with Crippen LogP contribution in [-0.4, -0.2) is 16.5 Å². The summed E-state index contributed by atoms with van der Waals surface area (Å²) in [4.78, 5) is 8.42. The Bertz CT molecular complexity index is 1170. The molecule has 0 saturated heterocycles. The van der Waals surface area contributed by atoms with Crippen LogP contribution in [0.1, 0.15) is 44.7 Å². The number of fused-ring (bicyclic) bond motifs is 2. The Labute approximate surface area is 180 Å². The fraction of sp³-hybridized carbons (Fsp3) is 0.320. The third kappa shape index (κ3) is 3.84. The van der Waals surface area contributed by atoms with Crippen molar-refractivity contribution in [1.29, 1.82) is 0 Å². The summed E-state index contributed by atoms with van der Waals surface area (Å²) in [5.74, 6) is 0. The number of unbranched alkanes of at least 4 members (excludes halogenated alkanes) is 1. The van der Waals surface area contributed by atoms with Gasteiger partial charge in [0.05, 0.1) is 11.2 Å². The van der Waals surface area contributed by atoms with Crippen molar-refractivity contribution in [2.24, 2.45) is 5.73 Å². The minimum absolute atomic E-state index is 0.117. The van der Waals surface area contributed by atoms with E-state index in [4.69, 9.17) is 10.7 Å². The van der Waals surface area contributed by atoms with Crippen LogP contribution < -0.4 is 5.73 Å². The van der Waals surface area contributed by atoms with Gasteiger partial charge in [-0.15, -0.1) is 0 Å². The van der Waals surface area contributed by atoms with Gasteiger partial charge in [-0.25, -0.2) is 0 Å². The molecule has 0 atom stereocenters. The summed E-state index contributed by atoms with van der Waals surface area (Å²) < 4.78 is 1.07. The molecular weight excluding hydrogens is 422 g/mol. The molecule has 0 amide bonds. The summed E-state index contributed by atoms with van der Waals surface area (Å²) in [6.07, 6.45) is 4.99. The number of hydrogen-bond donors (Lipinski definition) is 2. The van der Waals surface area contributed by atoms with Gasteiger partial charge in [0.25, 0.3) is 0 Å². The molecule has 3 nitrogen and oxygen atoms in total. The summed E-state index contributed by atoms with van der Waals surface area (Å²) >= 11 is 3.68. The maximum atomic E-state index is 5.78. The number of hydrogen-bond acceptors (Lipinski definition) is 2. The highest BCUT2D eigenvalue weighted by molar-refractivity contribution is 9.10. The highest BCUT2D eigenvalue weighted by Gasteiger charge is 2.19. The predicted octanol–water partition coefficient (Wildman–Crippen LogP) is 6.72. The molecule has 4 rings (SSSR count). The first-order chi connectivity index (χ1) is 13.9. The topological polar surface area (TPSA) is 54.7 Å². The second-order valence-corrected chi connectivity index (χ2v) is 9.58. The number of aryl methyl sites for hydroxylation is 1. The van der Waals surface area contributed by atoms with Crippen LogP contribution in [0.15, 0.2) is 53.1 Å². The van der Waals surface area contributed by atoms with Gasteiger partial charge >= 0.3 is 0 Å². The van der Waals surface area contributed by atoms with Gasteiger partial charge in [0.1, 0.15) is 0 Å². The van der Waals surface area contributed by atoms with E-state index in [1.54, 1.807) is 0 Å². The van der Waals surface area contributed by atoms with E-state index in [9.17, 15) is 0 Å². The van der Waals surface area contributed by atoms with Crippen LogP contribution in [0.3, 0.4) is 0 Å². The molecule has 29 heavy (non-hydrogen) atoms. The number of nitrogens with zero attached hydrogens (tertiary/aromatic N) is 1. The molecule has 0 bridgehead atoms. The molecular formula is C25H28BrN3. The van der Waals surface area contributed by atoms with Gasteiger partial charge in [-0.3, -0.25) is 4.98 Å². The summed E-state index contributed by atoms with van der Waals surface area (Å²) in [7, 11) is 0. The average Bonchev–Trinajstić information content (AvgIpc) is 3.06. The molecule has 0 aliphatic carbocycles. The third-order valence-electron chi connectivity index (χ3n) is 5.64. The number of nitrogens with two attached hydrogens (primary N) is 1. The van der Waals surface area contributed by atoms with E-state index in [0.717, 1.165) is 46.7 Å². The molecule has 4 aromatic rings. The fourth-order valence-electron chi connectivity index (χ4n) is 3.99. The second-order valence-electron chi connectivity index (χ2n) is 8.73. The molecule has 150 valence electrons. The van der Waals surface area contributed by atoms with Crippen LogP contribution in [0.5, 0.6) is 0 Å². The van der Waals surface area contributed by atoms with Gasteiger partial charge in [0.15, 0.2) is 0 Å². The van der Waals surface area contributed by atoms with E-state index in [1.807, 2.05) is 12.3 Å². The fourth-order valence-corrected chi connectivity index (χ4v) is 4.44. The molecule has 3 N–H and O–H groups in total. The predicted molar refractivity (Wildman–Crippen MR) is 127 cm³/mol. The SMILES string of the molecule is CC(C)(C)c1ccc2[nH]c(-c3ccc(Br)c4cccnc34)c(CCCCN)c2c1. The third-order valence-corrected chi connectivity index (χ3v) is 6.33. The van der Waals surface area contributed by atoms with Gasteiger partial charge < -0.3 is 10.7 Å². The van der Waals surface area contributed by atoms with Gasteiger partial charge in [-0.2, -0.15) is 0 Å². The molecule has 2 aromatic carbocycles. The highest BCUT2D eigenvalue weighted by Crippen LogP contribution is 2.38. The lowest BCUT2D eigenvalue weighted by atomic mass is 9.86. The number of aromatic nitrogens is 2. The Balaban J connectivity index is 1.97. The number of benzene rings is 2. The number of rotatable bonds is 5. The number of nitrogens with one attached hydrogen (secondary N) is 1. The quantitative estimate of drug-likeness (QED) is 0.332. The van der Waals surface area contributed by atoms with Crippen molar-refractivity contribution >= 4 is 37.7 Å². The van der Waals surface area contributed by atoms with Crippen LogP contribution in [0.4, 0.5) is 0 Å². The zero-order valence-electron chi connectivity index (χ0n) is 17.3. The summed E-state index contributed by atoms with van der Waals surface area (Å²) in [6.45, 7) is 7.53. The minimum Gasteiger partial charge on any atom is -0.354 e. The first-order valence-corrected chi connectivity index (χ1v) is 11.1. The Kier molecular flexibility index (Phi) is 5.50. The molecule has 0 radical (unpaired) electrons. The van der Waals surface area contributed by atoms with Crippen molar-refractivity contribution < 1.29 is 0 Å². The van der Waals surface area contributed by atoms with E-state index < -0.39 is 0 Å². The Morgan fingerprint density at radius 1 is 1.03 bits per heavy atom. The van der Waals surface area contributed by atoms with Gasteiger partial charge in [-0.05, 0) is 72.7 Å². The van der Waals surface area contributed by atoms with Gasteiger partial charge in [0.2, 0.25) is 0 Å². The van der Waals surface area contributed by atoms with Crippen LogP contribution >= 0.6 is 15.9 Å². The normalized spacial score (nSPS) is 12.2. The van der Waals surface area contributed by atoms with Crippen LogP contribution in [0.2, 0.25) is 0 Å². The monoisotopic (exact) mass is 449 g/mol. The number of halogens is 1. The highest BCUT2D eigenvalue weighted by atomic mass is 79.9. The molecule has 0 spiro atoms. The number of pyridine rings is 1. The Morgan fingerprint density at radius 3 is 2.62 bits per heavy atom. The Hall–Kier alpha value is -2.17. The smallest absolute Gasteiger partial charge is 0.0806 e. The molecule has 2 aromatic heterocycles. The number of aromatic amines is 1. The lowest BCUT2D eigenvalue weighted by Gasteiger charge is -2.19. The summed E-state index contributed by atoms with van der Waals surface area (Å²) in [6, 6.07) is 15.2. The van der Waals surface area contributed by atoms with E-state index >= 15 is 0 Å². The van der Waals surface area contributed by atoms with Gasteiger partial charge in [-0.1, -0.05) is 48.8 Å². The average molecular weight is 450 g/mol. The van der Waals surface area contributed by atoms with Crippen molar-refractivity contribution in [3.8, 4) is 11.3 Å². The maximum Gasteiger partial charge on any atom is 0.0806 e. The van der Waals surface area contributed by atoms with E-state index in [0.29, 0.717) is 0 Å². The van der Waals surface area contributed by atoms with E-state index in [2.05, 4.69) is 78.1 Å². The van der Waals surface area contributed by atoms with E-state index in [-0.39, 0.29) is 5.41 Å². The first-order valence-electron chi connectivity index (χ1n) is 10.3. The number of H-pyrrole nitrogens is 1. The largest absolute Gasteiger partial charge is 0.354 e. The van der Waals surface area contributed by atoms with Crippen LogP contribution in [0, 0.1) is 0 Å². The standard InChI is InChI=1S/C25H28BrN3/c1-25(2,3)16-9-12-22-20(15-16)17(7-4-5-13-27)24(29-22)19-10-11-21(26)18-8-6-14-28-23(18)19/h6,8-12,14-15,29H,4-5,7,13,27H2,1-3H3. The van der Waals surface area contributed by atoms with Crippen molar-refractivity contribution in [2.75, 3.05) is 6.54 Å². The van der Waals surface area contributed by atoms with Crippen molar-refractivity contribution in [1.82, 2.24) is 9.97 Å². The Morgan fingerprint density at radius 2 is 1.86 bits per heavy atom. The first kappa shape index (κ1) is 20.1. The molecule has 4 heteroatoms. The summed E-state index contributed by atoms with van der Waals surface area (Å²) in [5.41, 5.74) is 13.2. The lowest BCUT2D eigenvalue weighted by molar-refractivity contribution is 0.591. The maximum absolute atomic E-state index is 5.78. The zero-order valence-corrected chi connectivity index (χ0v) is 18.9. The van der Waals surface area contributed by atoms with Crippen molar-refractivity contribution in [3.63, 3.8) is 0 Å². The zero-order chi connectivity index (χ0) is 20.6. The van der Waals surface area contributed by atoms with Crippen molar-refractivity contribution in [3.05, 3.63) is 64.3 Å². The van der Waals surface area contributed by atoms with Gasteiger partial charge in [0, 0.05) is 32.5 Å². The molecule has 0 unspecified atom stereocenters. The van der Waals surface area contributed by atoms with Crippen molar-refractivity contribution in [2.45, 2.75) is 45.4 Å². The molecule has 2 heterocycles. The van der Waals surface area contributed by atoms with Crippen LogP contribution in [0.25, 0.3) is 33.1 Å². The molecule has 0 fully saturated rings. The van der Waals surface area contributed by atoms with E-state index in [1.165, 1.54) is 27.7 Å². The molecule has 0 saturated carbocycles. The molecule has 0 aliphatic rings. The molecule has 0 aliphatic heterocycles. The van der Waals surface area contributed by atoms with Crippen LogP contribution in [-0.2, 0) is 11.8 Å². The minimum atomic E-state index is 0.117. The lowest BCUT2D eigenvalue weighted by Crippen LogP contribution is -2.10.